The number of rotatable bonds is 7. The maximum Gasteiger partial charge on any atom is 0.200 e. The number of aryl methyl sites for hydroxylation is 1. The van der Waals surface area contributed by atoms with Gasteiger partial charge in [-0.3, -0.25) is 0 Å². The van der Waals surface area contributed by atoms with Gasteiger partial charge in [0.15, 0.2) is 11.6 Å². The Labute approximate surface area is 157 Å². The van der Waals surface area contributed by atoms with E-state index in [1.165, 1.54) is 44.9 Å². The van der Waals surface area contributed by atoms with E-state index >= 15 is 0 Å². The molecular formula is C23H34F2O. The summed E-state index contributed by atoms with van der Waals surface area (Å²) in [7, 11) is 0. The molecule has 0 aromatic heterocycles. The zero-order valence-corrected chi connectivity index (χ0v) is 16.5. The highest BCUT2D eigenvalue weighted by Crippen LogP contribution is 2.38. The van der Waals surface area contributed by atoms with Crippen LogP contribution in [-0.4, -0.2) is 6.61 Å². The van der Waals surface area contributed by atoms with Gasteiger partial charge in [0.25, 0.3) is 0 Å². The number of ether oxygens (including phenoxy) is 1. The Bertz CT molecular complexity index is 590. The number of fused-ring (bicyclic) bond motifs is 1. The zero-order chi connectivity index (χ0) is 18.5. The molecule has 0 aliphatic heterocycles. The number of benzene rings is 1. The van der Waals surface area contributed by atoms with Gasteiger partial charge < -0.3 is 4.74 Å². The lowest BCUT2D eigenvalue weighted by molar-refractivity contribution is 0.235. The van der Waals surface area contributed by atoms with E-state index in [2.05, 4.69) is 6.92 Å². The first-order valence-corrected chi connectivity index (χ1v) is 10.7. The second kappa shape index (κ2) is 9.19. The Morgan fingerprint density at radius 1 is 0.885 bits per heavy atom. The quantitative estimate of drug-likeness (QED) is 0.514. The Morgan fingerprint density at radius 3 is 2.19 bits per heavy atom. The van der Waals surface area contributed by atoms with Gasteiger partial charge in [-0.15, -0.1) is 0 Å². The molecule has 3 rings (SSSR count). The number of hydrogen-bond acceptors (Lipinski definition) is 1. The van der Waals surface area contributed by atoms with Gasteiger partial charge in [0.1, 0.15) is 0 Å². The van der Waals surface area contributed by atoms with Crippen LogP contribution < -0.4 is 4.74 Å². The highest BCUT2D eigenvalue weighted by atomic mass is 19.2. The molecule has 146 valence electrons. The van der Waals surface area contributed by atoms with Gasteiger partial charge in [-0.25, -0.2) is 4.39 Å². The second-order valence-electron chi connectivity index (χ2n) is 8.43. The minimum atomic E-state index is -0.805. The van der Waals surface area contributed by atoms with Crippen molar-refractivity contribution in [2.75, 3.05) is 6.61 Å². The van der Waals surface area contributed by atoms with E-state index in [0.29, 0.717) is 24.5 Å². The van der Waals surface area contributed by atoms with Crippen molar-refractivity contribution in [3.63, 3.8) is 0 Å². The fourth-order valence-electron chi connectivity index (χ4n) is 5.08. The predicted octanol–water partition coefficient (Wildman–Crippen LogP) is 6.86. The first-order chi connectivity index (χ1) is 12.6. The van der Waals surface area contributed by atoms with Crippen LogP contribution in [-0.2, 0) is 12.8 Å². The Balaban J connectivity index is 1.53. The van der Waals surface area contributed by atoms with E-state index in [0.717, 1.165) is 36.7 Å². The summed E-state index contributed by atoms with van der Waals surface area (Å²) < 4.78 is 33.9. The Kier molecular flexibility index (Phi) is 6.94. The molecular weight excluding hydrogens is 330 g/mol. The van der Waals surface area contributed by atoms with E-state index in [4.69, 9.17) is 4.74 Å². The largest absolute Gasteiger partial charge is 0.491 e. The molecule has 1 fully saturated rings. The molecule has 26 heavy (non-hydrogen) atoms. The van der Waals surface area contributed by atoms with Gasteiger partial charge in [-0.2, -0.15) is 4.39 Å². The van der Waals surface area contributed by atoms with Crippen LogP contribution in [0.4, 0.5) is 8.78 Å². The lowest BCUT2D eigenvalue weighted by Gasteiger charge is -2.31. The average molecular weight is 365 g/mol. The van der Waals surface area contributed by atoms with Crippen LogP contribution in [0.15, 0.2) is 6.07 Å². The molecule has 0 radical (unpaired) electrons. The van der Waals surface area contributed by atoms with E-state index in [-0.39, 0.29) is 5.75 Å². The maximum absolute atomic E-state index is 14.5. The van der Waals surface area contributed by atoms with Crippen LogP contribution in [0.2, 0.25) is 0 Å². The summed E-state index contributed by atoms with van der Waals surface area (Å²) in [6, 6.07) is 1.72. The Morgan fingerprint density at radius 2 is 1.54 bits per heavy atom. The van der Waals surface area contributed by atoms with E-state index in [9.17, 15) is 8.78 Å². The summed E-state index contributed by atoms with van der Waals surface area (Å²) in [5, 5.41) is 0. The SMILES string of the molecule is CCCC1CCC(CCC2CCc3cc(OCC)c(F)c(F)c3C2)CC1. The molecule has 1 unspecified atom stereocenters. The lowest BCUT2D eigenvalue weighted by Crippen LogP contribution is -2.20. The van der Waals surface area contributed by atoms with Gasteiger partial charge in [0.2, 0.25) is 5.82 Å². The van der Waals surface area contributed by atoms with Crippen molar-refractivity contribution < 1.29 is 13.5 Å². The highest BCUT2D eigenvalue weighted by molar-refractivity contribution is 5.40. The highest BCUT2D eigenvalue weighted by Gasteiger charge is 2.27. The van der Waals surface area contributed by atoms with Gasteiger partial charge in [0.05, 0.1) is 6.61 Å². The van der Waals surface area contributed by atoms with Crippen LogP contribution in [0.25, 0.3) is 0 Å². The maximum atomic E-state index is 14.5. The van der Waals surface area contributed by atoms with Crippen molar-refractivity contribution in [3.8, 4) is 5.75 Å². The third kappa shape index (κ3) is 4.58. The molecule has 2 aliphatic rings. The summed E-state index contributed by atoms with van der Waals surface area (Å²) in [4.78, 5) is 0. The molecule has 0 N–H and O–H groups in total. The van der Waals surface area contributed by atoms with E-state index < -0.39 is 11.6 Å². The minimum absolute atomic E-state index is 0.0750. The summed E-state index contributed by atoms with van der Waals surface area (Å²) in [5.74, 6) is 0.908. The van der Waals surface area contributed by atoms with Gasteiger partial charge >= 0.3 is 0 Å². The summed E-state index contributed by atoms with van der Waals surface area (Å²) in [6.45, 7) is 4.44. The van der Waals surface area contributed by atoms with Crippen LogP contribution in [0.5, 0.6) is 5.75 Å². The van der Waals surface area contributed by atoms with Gasteiger partial charge in [-0.1, -0.05) is 51.9 Å². The molecule has 0 amide bonds. The van der Waals surface area contributed by atoms with Crippen molar-refractivity contribution in [2.45, 2.75) is 84.5 Å². The van der Waals surface area contributed by atoms with Crippen molar-refractivity contribution in [3.05, 3.63) is 28.8 Å². The van der Waals surface area contributed by atoms with Crippen molar-refractivity contribution >= 4 is 0 Å². The molecule has 0 bridgehead atoms. The minimum Gasteiger partial charge on any atom is -0.491 e. The first-order valence-electron chi connectivity index (χ1n) is 10.7. The standard InChI is InChI=1S/C23H34F2O/c1-3-5-16-6-8-17(9-7-16)10-11-18-12-13-19-15-21(26-4-2)23(25)22(24)20(19)14-18/h15-18H,3-14H2,1-2H3. The fraction of sp³-hybridized carbons (Fsp3) is 0.739. The number of halogens is 2. The molecule has 2 aliphatic carbocycles. The number of hydrogen-bond donors (Lipinski definition) is 0. The lowest BCUT2D eigenvalue weighted by atomic mass is 9.75. The van der Waals surface area contributed by atoms with Gasteiger partial charge in [0, 0.05) is 0 Å². The van der Waals surface area contributed by atoms with E-state index in [1.54, 1.807) is 13.0 Å². The van der Waals surface area contributed by atoms with Gasteiger partial charge in [-0.05, 0) is 67.6 Å². The normalized spacial score (nSPS) is 25.8. The monoisotopic (exact) mass is 364 g/mol. The fourth-order valence-corrected chi connectivity index (χ4v) is 5.08. The predicted molar refractivity (Wildman–Crippen MR) is 103 cm³/mol. The summed E-state index contributed by atoms with van der Waals surface area (Å²) in [6.07, 6.45) is 13.3. The molecule has 1 atom stereocenters. The van der Waals surface area contributed by atoms with Crippen LogP contribution in [0.3, 0.4) is 0 Å². The van der Waals surface area contributed by atoms with Crippen molar-refractivity contribution in [1.82, 2.24) is 0 Å². The average Bonchev–Trinajstić information content (AvgIpc) is 2.66. The topological polar surface area (TPSA) is 9.23 Å². The molecule has 3 heteroatoms. The van der Waals surface area contributed by atoms with Crippen molar-refractivity contribution in [1.29, 1.82) is 0 Å². The Hall–Kier alpha value is -1.12. The molecule has 1 nitrogen and oxygen atoms in total. The van der Waals surface area contributed by atoms with Crippen LogP contribution in [0, 0.1) is 29.4 Å². The zero-order valence-electron chi connectivity index (χ0n) is 16.5. The third-order valence-electron chi connectivity index (χ3n) is 6.63. The second-order valence-corrected chi connectivity index (χ2v) is 8.43. The first kappa shape index (κ1) is 19.6. The smallest absolute Gasteiger partial charge is 0.200 e. The van der Waals surface area contributed by atoms with Crippen LogP contribution in [0.1, 0.15) is 82.8 Å². The molecule has 1 aromatic rings. The summed E-state index contributed by atoms with van der Waals surface area (Å²) in [5.41, 5.74) is 1.55. The molecule has 1 saturated carbocycles. The van der Waals surface area contributed by atoms with E-state index in [1.807, 2.05) is 0 Å². The molecule has 1 aromatic carbocycles. The summed E-state index contributed by atoms with van der Waals surface area (Å²) >= 11 is 0. The van der Waals surface area contributed by atoms with Crippen molar-refractivity contribution in [2.24, 2.45) is 17.8 Å². The molecule has 0 saturated heterocycles. The molecule has 0 spiro atoms. The van der Waals surface area contributed by atoms with Crippen LogP contribution >= 0.6 is 0 Å². The molecule has 0 heterocycles. The third-order valence-corrected chi connectivity index (χ3v) is 6.63.